The molecule has 2 aromatic carbocycles. The molecule has 2 aromatic rings. The van der Waals surface area contributed by atoms with E-state index in [2.05, 4.69) is 4.90 Å². The maximum atomic E-state index is 13.6. The molecule has 2 saturated carbocycles. The highest BCUT2D eigenvalue weighted by Crippen LogP contribution is 2.66. The molecule has 2 unspecified atom stereocenters. The van der Waals surface area contributed by atoms with Crippen LogP contribution < -0.4 is 10.5 Å². The standard InChI is InChI=1S/C28H29N3O5.C4H6O6/c29-16-4-5-17-18(12-16)26(34)31(25(17)33)19-7-8-28(35)21-11-15-3-6-20(32)23-22(15)27(28,24(19)36-23)9-10-30(21)13-14-1-2-14;5-1(3(7)8)2(6)4(9)10/h3-6,12,14,19,21,24,32,35H,1-2,7-11,13,29H2;1-2,5-6H,(H,7,8)(H,9,10)/t19-,21-,24+,27+,28-;/m1./s1. The molecular formula is C32H35N3O11. The number of nitrogen functional groups attached to an aromatic ring is 1. The molecule has 3 aliphatic heterocycles. The number of carbonyl (C=O) groups excluding carboxylic acids is 2. The lowest BCUT2D eigenvalue weighted by Gasteiger charge is -2.64. The van der Waals surface area contributed by atoms with Crippen LogP contribution in [0.4, 0.5) is 5.69 Å². The lowest BCUT2D eigenvalue weighted by Crippen LogP contribution is -2.78. The molecule has 8 N–H and O–H groups in total. The number of ether oxygens (including phenoxy) is 1. The van der Waals surface area contributed by atoms with Crippen LogP contribution in [0.2, 0.25) is 0 Å². The van der Waals surface area contributed by atoms with E-state index in [0.717, 1.165) is 24.2 Å². The first kappa shape index (κ1) is 30.4. The number of rotatable bonds is 6. The van der Waals surface area contributed by atoms with Crippen LogP contribution in [-0.2, 0) is 21.4 Å². The van der Waals surface area contributed by atoms with Crippen LogP contribution in [0.25, 0.3) is 0 Å². The quantitative estimate of drug-likeness (QED) is 0.165. The summed E-state index contributed by atoms with van der Waals surface area (Å²) in [4.78, 5) is 50.4. The second-order valence-corrected chi connectivity index (χ2v) is 13.2. The van der Waals surface area contributed by atoms with E-state index >= 15 is 0 Å². The first-order valence-corrected chi connectivity index (χ1v) is 15.4. The lowest BCUT2D eigenvalue weighted by atomic mass is 9.48. The predicted octanol–water partition coefficient (Wildman–Crippen LogP) is 0.0807. The summed E-state index contributed by atoms with van der Waals surface area (Å²) in [6.45, 7) is 1.82. The van der Waals surface area contributed by atoms with Crippen molar-refractivity contribution < 1.29 is 54.6 Å². The largest absolute Gasteiger partial charge is 0.504 e. The average molecular weight is 638 g/mol. The van der Waals surface area contributed by atoms with Crippen LogP contribution in [0.15, 0.2) is 30.3 Å². The monoisotopic (exact) mass is 637 g/mol. The average Bonchev–Trinajstić information content (AvgIpc) is 3.71. The van der Waals surface area contributed by atoms with Gasteiger partial charge in [0.05, 0.1) is 28.2 Å². The Morgan fingerprint density at radius 3 is 2.30 bits per heavy atom. The molecule has 2 amide bonds. The molecule has 0 aromatic heterocycles. The number of carboxylic acid groups (broad SMARTS) is 2. The van der Waals surface area contributed by atoms with Crippen LogP contribution in [0.1, 0.15) is 63.9 Å². The maximum absolute atomic E-state index is 13.6. The smallest absolute Gasteiger partial charge is 0.335 e. The molecule has 0 radical (unpaired) electrons. The zero-order valence-corrected chi connectivity index (χ0v) is 24.7. The summed E-state index contributed by atoms with van der Waals surface area (Å²) in [6, 6.07) is 7.85. The molecule has 3 heterocycles. The number of nitrogens with two attached hydrogens (primary N) is 1. The highest BCUT2D eigenvalue weighted by Gasteiger charge is 2.74. The summed E-state index contributed by atoms with van der Waals surface area (Å²) in [5, 5.41) is 55.9. The van der Waals surface area contributed by atoms with Crippen molar-refractivity contribution in [1.82, 2.24) is 9.80 Å². The number of fused-ring (bicyclic) bond motifs is 1. The van der Waals surface area contributed by atoms with Crippen molar-refractivity contribution in [3.8, 4) is 11.5 Å². The van der Waals surface area contributed by atoms with Crippen LogP contribution in [-0.4, -0.2) is 113 Å². The van der Waals surface area contributed by atoms with E-state index in [4.69, 9.17) is 30.9 Å². The molecule has 3 fully saturated rings. The van der Waals surface area contributed by atoms with E-state index in [9.17, 15) is 29.4 Å². The third-order valence-electron chi connectivity index (χ3n) is 10.8. The number of benzene rings is 2. The molecule has 244 valence electrons. The number of nitrogens with zero attached hydrogens (tertiary/aromatic N) is 2. The van der Waals surface area contributed by atoms with E-state index in [1.165, 1.54) is 17.7 Å². The van der Waals surface area contributed by atoms with Gasteiger partial charge in [0.2, 0.25) is 0 Å². The van der Waals surface area contributed by atoms with Crippen molar-refractivity contribution >= 4 is 29.4 Å². The number of anilines is 1. The van der Waals surface area contributed by atoms with Gasteiger partial charge in [0, 0.05) is 23.8 Å². The van der Waals surface area contributed by atoms with Gasteiger partial charge in [-0.1, -0.05) is 6.07 Å². The van der Waals surface area contributed by atoms with Gasteiger partial charge in [0.15, 0.2) is 23.7 Å². The summed E-state index contributed by atoms with van der Waals surface area (Å²) in [6.07, 6.45) is -0.374. The molecule has 6 aliphatic rings. The number of amides is 2. The van der Waals surface area contributed by atoms with E-state index in [-0.39, 0.29) is 23.6 Å². The van der Waals surface area contributed by atoms with Crippen LogP contribution in [0.5, 0.6) is 11.5 Å². The van der Waals surface area contributed by atoms with Gasteiger partial charge in [-0.15, -0.1) is 0 Å². The van der Waals surface area contributed by atoms with E-state index in [1.54, 1.807) is 24.3 Å². The van der Waals surface area contributed by atoms with Crippen molar-refractivity contribution in [3.05, 3.63) is 52.6 Å². The number of imide groups is 1. The van der Waals surface area contributed by atoms with Crippen LogP contribution in [0, 0.1) is 5.92 Å². The Morgan fingerprint density at radius 2 is 1.65 bits per heavy atom. The van der Waals surface area contributed by atoms with Gasteiger partial charge in [-0.2, -0.15) is 0 Å². The minimum absolute atomic E-state index is 0.0487. The fourth-order valence-corrected chi connectivity index (χ4v) is 8.57. The molecule has 46 heavy (non-hydrogen) atoms. The van der Waals surface area contributed by atoms with Crippen LogP contribution >= 0.6 is 0 Å². The topological polar surface area (TPSA) is 231 Å². The Morgan fingerprint density at radius 1 is 0.978 bits per heavy atom. The van der Waals surface area contributed by atoms with Crippen molar-refractivity contribution in [2.45, 2.75) is 79.9 Å². The summed E-state index contributed by atoms with van der Waals surface area (Å²) in [7, 11) is 0. The predicted molar refractivity (Wildman–Crippen MR) is 157 cm³/mol. The zero-order valence-electron chi connectivity index (χ0n) is 24.7. The molecule has 14 heteroatoms. The van der Waals surface area contributed by atoms with Crippen molar-refractivity contribution in [3.63, 3.8) is 0 Å². The number of carbonyl (C=O) groups is 4. The maximum Gasteiger partial charge on any atom is 0.335 e. The molecule has 1 saturated heterocycles. The molecule has 14 nitrogen and oxygen atoms in total. The van der Waals surface area contributed by atoms with Crippen LogP contribution in [0.3, 0.4) is 0 Å². The number of aliphatic carboxylic acids is 2. The van der Waals surface area contributed by atoms with Gasteiger partial charge >= 0.3 is 11.9 Å². The fourth-order valence-electron chi connectivity index (χ4n) is 8.57. The van der Waals surface area contributed by atoms with E-state index < -0.39 is 47.3 Å². The Hall–Kier alpha value is -4.24. The van der Waals surface area contributed by atoms with Gasteiger partial charge in [-0.05, 0) is 80.8 Å². The van der Waals surface area contributed by atoms with Gasteiger partial charge in [-0.3, -0.25) is 19.4 Å². The summed E-state index contributed by atoms with van der Waals surface area (Å²) in [5.41, 5.74) is 7.18. The third-order valence-corrected chi connectivity index (χ3v) is 10.8. The van der Waals surface area contributed by atoms with Crippen molar-refractivity contribution in [1.29, 1.82) is 0 Å². The van der Waals surface area contributed by atoms with Crippen molar-refractivity contribution in [2.75, 3.05) is 18.8 Å². The second-order valence-electron chi connectivity index (χ2n) is 13.2. The number of hydrogen-bond acceptors (Lipinski definition) is 11. The SMILES string of the molecule is Nc1ccc2c(c1)C(=O)N([C@@H]1CC[C@@]3(O)[C@H]4Cc5ccc(O)c6c5[C@@]3(CCN4CC3CC3)[C@H]1O6)C2=O.O=C(O)C(O)C(O)C(=O)O. The minimum Gasteiger partial charge on any atom is -0.504 e. The van der Waals surface area contributed by atoms with E-state index in [0.29, 0.717) is 54.2 Å². The summed E-state index contributed by atoms with van der Waals surface area (Å²) < 4.78 is 6.55. The number of phenolic OH excluding ortho intramolecular Hbond substituents is 1. The van der Waals surface area contributed by atoms with Gasteiger partial charge in [0.25, 0.3) is 11.8 Å². The van der Waals surface area contributed by atoms with Crippen molar-refractivity contribution in [2.24, 2.45) is 5.92 Å². The number of aliphatic hydroxyl groups excluding tert-OH is 2. The normalized spacial score (nSPS) is 31.6. The number of piperidine rings is 1. The first-order valence-electron chi connectivity index (χ1n) is 15.4. The van der Waals surface area contributed by atoms with Gasteiger partial charge in [-0.25, -0.2) is 9.59 Å². The number of aliphatic hydroxyl groups is 3. The highest BCUT2D eigenvalue weighted by molar-refractivity contribution is 6.22. The molecule has 8 rings (SSSR count). The molecule has 3 aliphatic carbocycles. The minimum atomic E-state index is -2.27. The molecule has 1 spiro atoms. The number of hydrogen-bond donors (Lipinski definition) is 7. The second kappa shape index (κ2) is 10.4. The van der Waals surface area contributed by atoms with Gasteiger partial charge in [0.1, 0.15) is 6.10 Å². The Bertz CT molecular complexity index is 1660. The number of aromatic hydroxyl groups is 1. The lowest BCUT2D eigenvalue weighted by molar-refractivity contribution is -0.196. The summed E-state index contributed by atoms with van der Waals surface area (Å²) >= 11 is 0. The first-order chi connectivity index (χ1) is 21.8. The third kappa shape index (κ3) is 4.16. The Kier molecular flexibility index (Phi) is 6.87. The Balaban J connectivity index is 0.000000296. The zero-order chi connectivity index (χ0) is 32.9. The molecule has 7 atom stereocenters. The number of likely N-dealkylation sites (tertiary alicyclic amines) is 1. The fraction of sp³-hybridized carbons (Fsp3) is 0.500. The number of phenols is 1. The van der Waals surface area contributed by atoms with E-state index in [1.807, 2.05) is 6.07 Å². The molecule has 2 bridgehead atoms. The molecular weight excluding hydrogens is 602 g/mol. The summed E-state index contributed by atoms with van der Waals surface area (Å²) in [5.74, 6) is -3.08. The Labute approximate surface area is 262 Å². The number of carboxylic acids is 2. The highest BCUT2D eigenvalue weighted by atomic mass is 16.5. The van der Waals surface area contributed by atoms with Gasteiger partial charge < -0.3 is 41.1 Å².